The molecule has 0 bridgehead atoms. The van der Waals surface area contributed by atoms with E-state index in [0.29, 0.717) is 0 Å². The first-order valence-corrected chi connectivity index (χ1v) is 12.8. The number of fused-ring (bicyclic) bond motifs is 2. The Kier molecular flexibility index (Phi) is 6.24. The first-order valence-electron chi connectivity index (χ1n) is 12.8. The molecular weight excluding hydrogens is 552 g/mol. The summed E-state index contributed by atoms with van der Waals surface area (Å²) in [7, 11) is 0. The molecule has 0 saturated heterocycles. The average Bonchev–Trinajstić information content (AvgIpc) is 2.92. The van der Waals surface area contributed by atoms with Crippen LogP contribution in [-0.4, -0.2) is 63.3 Å². The Morgan fingerprint density at radius 1 is 0.548 bits per heavy atom. The van der Waals surface area contributed by atoms with Crippen LogP contribution >= 0.6 is 0 Å². The second-order valence-electron chi connectivity index (χ2n) is 10.3. The zero-order valence-electron chi connectivity index (χ0n) is 21.6. The summed E-state index contributed by atoms with van der Waals surface area (Å²) in [5.41, 5.74) is 0.644. The highest BCUT2D eigenvalue weighted by Crippen LogP contribution is 2.54. The Hall–Kier alpha value is -5.20. The van der Waals surface area contributed by atoms with Gasteiger partial charge in [-0.2, -0.15) is 0 Å². The monoisotopic (exact) mass is 578 g/mol. The first-order chi connectivity index (χ1) is 19.9. The van der Waals surface area contributed by atoms with E-state index in [1.165, 1.54) is 24.3 Å². The van der Waals surface area contributed by atoms with E-state index in [9.17, 15) is 51.1 Å². The number of phenolic OH excluding ortho intramolecular Hbond substituents is 8. The fourth-order valence-electron chi connectivity index (χ4n) is 5.56. The molecular formula is C30H26O12. The molecule has 4 aromatic rings. The SMILES string of the molecule is Oc1cc(O)c2c(c1)OC(c1cc(O)c(O)cc1-c1c(O)cc(O)c3c1O[C@H](c1ccc(O)c(O)c1)C(O)C3)C(O)C2. The molecule has 0 amide bonds. The lowest BCUT2D eigenvalue weighted by Gasteiger charge is -2.35. The molecule has 6 rings (SSSR count). The number of rotatable bonds is 3. The van der Waals surface area contributed by atoms with Crippen molar-refractivity contribution in [3.63, 3.8) is 0 Å². The molecule has 0 radical (unpaired) electrons. The van der Waals surface area contributed by atoms with Gasteiger partial charge in [0.25, 0.3) is 0 Å². The lowest BCUT2D eigenvalue weighted by Crippen LogP contribution is -2.31. The third kappa shape index (κ3) is 4.33. The lowest BCUT2D eigenvalue weighted by atomic mass is 9.85. The molecule has 4 aromatic carbocycles. The molecule has 42 heavy (non-hydrogen) atoms. The van der Waals surface area contributed by atoms with E-state index in [1.807, 2.05) is 0 Å². The van der Waals surface area contributed by atoms with E-state index < -0.39 is 53.2 Å². The van der Waals surface area contributed by atoms with E-state index in [-0.39, 0.29) is 75.0 Å². The number of ether oxygens (including phenoxy) is 2. The molecule has 2 aliphatic heterocycles. The number of aliphatic hydroxyl groups is 2. The fourth-order valence-corrected chi connectivity index (χ4v) is 5.56. The van der Waals surface area contributed by atoms with Crippen molar-refractivity contribution in [2.75, 3.05) is 0 Å². The van der Waals surface area contributed by atoms with Gasteiger partial charge in [0.1, 0.15) is 40.6 Å². The van der Waals surface area contributed by atoms with Gasteiger partial charge in [-0.15, -0.1) is 0 Å². The molecule has 0 aromatic heterocycles. The maximum absolute atomic E-state index is 11.1. The van der Waals surface area contributed by atoms with Crippen LogP contribution in [0.3, 0.4) is 0 Å². The minimum absolute atomic E-state index is 0.0274. The summed E-state index contributed by atoms with van der Waals surface area (Å²) in [6, 6.07) is 9.43. The summed E-state index contributed by atoms with van der Waals surface area (Å²) >= 11 is 0. The van der Waals surface area contributed by atoms with Crippen LogP contribution in [0.25, 0.3) is 11.1 Å². The van der Waals surface area contributed by atoms with Gasteiger partial charge in [0.05, 0.1) is 17.8 Å². The Morgan fingerprint density at radius 3 is 1.93 bits per heavy atom. The minimum atomic E-state index is -1.30. The second kappa shape index (κ2) is 9.72. The lowest BCUT2D eigenvalue weighted by molar-refractivity contribution is 0.0189. The predicted molar refractivity (Wildman–Crippen MR) is 144 cm³/mol. The molecule has 0 aliphatic carbocycles. The van der Waals surface area contributed by atoms with Gasteiger partial charge in [-0.25, -0.2) is 0 Å². The molecule has 0 saturated carbocycles. The average molecular weight is 579 g/mol. The van der Waals surface area contributed by atoms with E-state index in [4.69, 9.17) is 9.47 Å². The van der Waals surface area contributed by atoms with E-state index in [0.717, 1.165) is 24.3 Å². The highest BCUT2D eigenvalue weighted by Gasteiger charge is 2.39. The largest absolute Gasteiger partial charge is 0.508 e. The van der Waals surface area contributed by atoms with Gasteiger partial charge in [-0.1, -0.05) is 6.07 Å². The Morgan fingerprint density at radius 2 is 1.19 bits per heavy atom. The molecule has 12 nitrogen and oxygen atoms in total. The normalized spacial score (nSPS) is 21.1. The van der Waals surface area contributed by atoms with E-state index in [2.05, 4.69) is 0 Å². The summed E-state index contributed by atoms with van der Waals surface area (Å²) in [6.07, 6.45) is -5.18. The third-order valence-electron chi connectivity index (χ3n) is 7.58. The second-order valence-corrected chi connectivity index (χ2v) is 10.3. The number of hydrogen-bond acceptors (Lipinski definition) is 12. The van der Waals surface area contributed by atoms with Crippen LogP contribution in [0, 0.1) is 0 Å². The molecule has 2 aliphatic rings. The van der Waals surface area contributed by atoms with Crippen molar-refractivity contribution in [2.24, 2.45) is 0 Å². The van der Waals surface area contributed by atoms with Gasteiger partial charge in [0.15, 0.2) is 29.1 Å². The fraction of sp³-hybridized carbons (Fsp3) is 0.200. The number of phenols is 8. The molecule has 2 heterocycles. The quantitative estimate of drug-likeness (QED) is 0.159. The van der Waals surface area contributed by atoms with Crippen LogP contribution in [-0.2, 0) is 12.8 Å². The number of benzene rings is 4. The topological polar surface area (TPSA) is 221 Å². The van der Waals surface area contributed by atoms with Crippen LogP contribution in [0.4, 0.5) is 0 Å². The highest BCUT2D eigenvalue weighted by atomic mass is 16.5. The van der Waals surface area contributed by atoms with Crippen molar-refractivity contribution in [3.05, 3.63) is 70.8 Å². The number of hydrogen-bond donors (Lipinski definition) is 10. The summed E-state index contributed by atoms with van der Waals surface area (Å²) < 4.78 is 12.1. The zero-order chi connectivity index (χ0) is 30.0. The molecule has 218 valence electrons. The predicted octanol–water partition coefficient (Wildman–Crippen LogP) is 3.07. The van der Waals surface area contributed by atoms with Crippen molar-refractivity contribution >= 4 is 0 Å². The van der Waals surface area contributed by atoms with Crippen LogP contribution in [0.5, 0.6) is 57.5 Å². The van der Waals surface area contributed by atoms with E-state index in [1.54, 1.807) is 0 Å². The molecule has 0 fully saturated rings. The summed E-state index contributed by atoms with van der Waals surface area (Å²) in [5, 5.41) is 105. The van der Waals surface area contributed by atoms with Crippen LogP contribution in [0.15, 0.2) is 48.5 Å². The van der Waals surface area contributed by atoms with Crippen LogP contribution in [0.2, 0.25) is 0 Å². The van der Waals surface area contributed by atoms with Crippen molar-refractivity contribution in [3.8, 4) is 68.6 Å². The van der Waals surface area contributed by atoms with Gasteiger partial charge in [0.2, 0.25) is 0 Å². The van der Waals surface area contributed by atoms with Gasteiger partial charge in [-0.05, 0) is 29.8 Å². The Balaban J connectivity index is 1.52. The maximum atomic E-state index is 11.1. The van der Waals surface area contributed by atoms with Gasteiger partial charge in [-0.3, -0.25) is 0 Å². The highest BCUT2D eigenvalue weighted by molar-refractivity contribution is 5.84. The van der Waals surface area contributed by atoms with Gasteiger partial charge >= 0.3 is 0 Å². The third-order valence-corrected chi connectivity index (χ3v) is 7.58. The first kappa shape index (κ1) is 27.0. The summed E-state index contributed by atoms with van der Waals surface area (Å²) in [5.74, 6) is -3.54. The maximum Gasteiger partial charge on any atom is 0.158 e. The van der Waals surface area contributed by atoms with Gasteiger partial charge < -0.3 is 60.5 Å². The zero-order valence-corrected chi connectivity index (χ0v) is 21.6. The molecule has 4 atom stereocenters. The van der Waals surface area contributed by atoms with Crippen LogP contribution in [0.1, 0.15) is 34.5 Å². The molecule has 10 N–H and O–H groups in total. The Labute approximate surface area is 237 Å². The molecule has 3 unspecified atom stereocenters. The van der Waals surface area contributed by atoms with E-state index >= 15 is 0 Å². The Bertz CT molecular complexity index is 1730. The number of aliphatic hydroxyl groups excluding tert-OH is 2. The van der Waals surface area contributed by atoms with Crippen molar-refractivity contribution in [2.45, 2.75) is 37.3 Å². The van der Waals surface area contributed by atoms with Crippen molar-refractivity contribution < 1.29 is 60.5 Å². The smallest absolute Gasteiger partial charge is 0.158 e. The molecule has 0 spiro atoms. The van der Waals surface area contributed by atoms with Crippen molar-refractivity contribution in [1.29, 1.82) is 0 Å². The molecule has 12 heteroatoms. The van der Waals surface area contributed by atoms with Crippen molar-refractivity contribution in [1.82, 2.24) is 0 Å². The minimum Gasteiger partial charge on any atom is -0.508 e. The van der Waals surface area contributed by atoms with Crippen LogP contribution < -0.4 is 9.47 Å². The standard InChI is InChI=1S/C30H26O12/c31-12-4-18(33)15-8-25(40)29(41-26(15)5-12)14-7-22(37)21(36)6-13(14)27-23(38)10-19(34)16-9-24(39)28(42-30(16)27)11-1-2-17(32)20(35)3-11/h1-7,10,24-25,28-29,31-40H,8-9H2/t24?,25?,28-,29?/m1/s1. The number of aromatic hydroxyl groups is 8. The van der Waals surface area contributed by atoms with Gasteiger partial charge in [0, 0.05) is 53.3 Å². The summed E-state index contributed by atoms with van der Waals surface area (Å²) in [4.78, 5) is 0. The summed E-state index contributed by atoms with van der Waals surface area (Å²) in [6.45, 7) is 0.